The molecule has 0 N–H and O–H groups in total. The van der Waals surface area contributed by atoms with E-state index in [-0.39, 0.29) is 12.7 Å². The summed E-state index contributed by atoms with van der Waals surface area (Å²) in [5.41, 5.74) is 4.12. The average Bonchev–Trinajstić information content (AvgIpc) is 3.11. The van der Waals surface area contributed by atoms with Gasteiger partial charge in [-0.2, -0.15) is 0 Å². The molecule has 0 bridgehead atoms. The highest BCUT2D eigenvalue weighted by Gasteiger charge is 2.26. The number of hydrogen-bond acceptors (Lipinski definition) is 3. The fourth-order valence-electron chi connectivity index (χ4n) is 2.93. The van der Waals surface area contributed by atoms with E-state index in [4.69, 9.17) is 9.47 Å². The number of anilines is 1. The molecule has 1 amide bonds. The number of carbonyl (C=O) groups excluding carboxylic acids is 1. The Balaban J connectivity index is 1.68. The number of hydrogen-bond donors (Lipinski definition) is 0. The number of nitrogens with zero attached hydrogens (tertiary/aromatic N) is 1. The normalized spacial score (nSPS) is 15.2. The summed E-state index contributed by atoms with van der Waals surface area (Å²) >= 11 is 0. The molecule has 0 atom stereocenters. The van der Waals surface area contributed by atoms with Crippen molar-refractivity contribution >= 4 is 11.6 Å². The minimum atomic E-state index is 0.0101. The van der Waals surface area contributed by atoms with E-state index >= 15 is 0 Å². The van der Waals surface area contributed by atoms with Gasteiger partial charge in [-0.3, -0.25) is 4.79 Å². The summed E-state index contributed by atoms with van der Waals surface area (Å²) in [6.45, 7) is 3.02. The monoisotopic (exact) mass is 281 g/mol. The molecule has 0 aliphatic carbocycles. The largest absolute Gasteiger partial charge is 0.454 e. The van der Waals surface area contributed by atoms with Crippen LogP contribution in [-0.4, -0.2) is 19.2 Å². The van der Waals surface area contributed by atoms with Crippen molar-refractivity contribution in [3.63, 3.8) is 0 Å². The minimum Gasteiger partial charge on any atom is -0.454 e. The summed E-state index contributed by atoms with van der Waals surface area (Å²) in [5.74, 6) is 1.35. The van der Waals surface area contributed by atoms with Crippen LogP contribution in [-0.2, 0) is 6.42 Å². The molecule has 0 unspecified atom stereocenters. The minimum absolute atomic E-state index is 0.0101. The lowest BCUT2D eigenvalue weighted by molar-refractivity contribution is 0.0989. The molecule has 4 rings (SSSR count). The predicted octanol–water partition coefficient (Wildman–Crippen LogP) is 2.93. The topological polar surface area (TPSA) is 38.8 Å². The maximum Gasteiger partial charge on any atom is 0.258 e. The summed E-state index contributed by atoms with van der Waals surface area (Å²) in [5, 5.41) is 0. The molecule has 4 heteroatoms. The Kier molecular flexibility index (Phi) is 2.64. The zero-order valence-corrected chi connectivity index (χ0v) is 11.8. The summed E-state index contributed by atoms with van der Waals surface area (Å²) in [4.78, 5) is 14.6. The van der Waals surface area contributed by atoms with Crippen molar-refractivity contribution in [2.45, 2.75) is 13.3 Å². The lowest BCUT2D eigenvalue weighted by atomic mass is 10.1. The van der Waals surface area contributed by atoms with E-state index in [0.29, 0.717) is 17.1 Å². The fourth-order valence-corrected chi connectivity index (χ4v) is 2.93. The van der Waals surface area contributed by atoms with E-state index in [2.05, 4.69) is 13.0 Å². The molecule has 21 heavy (non-hydrogen) atoms. The van der Waals surface area contributed by atoms with Crippen molar-refractivity contribution in [3.05, 3.63) is 53.1 Å². The second kappa shape index (κ2) is 4.52. The summed E-state index contributed by atoms with van der Waals surface area (Å²) in [7, 11) is 0. The van der Waals surface area contributed by atoms with Gasteiger partial charge in [-0.15, -0.1) is 0 Å². The summed E-state index contributed by atoms with van der Waals surface area (Å²) < 4.78 is 10.6. The first-order valence-corrected chi connectivity index (χ1v) is 7.03. The maximum atomic E-state index is 12.7. The average molecular weight is 281 g/mol. The Morgan fingerprint density at radius 2 is 1.95 bits per heavy atom. The Hall–Kier alpha value is -2.49. The van der Waals surface area contributed by atoms with E-state index in [0.717, 1.165) is 18.7 Å². The van der Waals surface area contributed by atoms with Crippen molar-refractivity contribution in [2.75, 3.05) is 18.2 Å². The molecule has 0 saturated carbocycles. The zero-order chi connectivity index (χ0) is 14.4. The SMILES string of the molecule is Cc1ccc2c(c1)CCN2C(=O)c1ccc2c(c1)OCO2. The van der Waals surface area contributed by atoms with Crippen molar-refractivity contribution in [3.8, 4) is 11.5 Å². The van der Waals surface area contributed by atoms with E-state index in [1.165, 1.54) is 11.1 Å². The second-order valence-electron chi connectivity index (χ2n) is 5.41. The van der Waals surface area contributed by atoms with E-state index in [1.54, 1.807) is 18.2 Å². The smallest absolute Gasteiger partial charge is 0.258 e. The van der Waals surface area contributed by atoms with Crippen molar-refractivity contribution in [1.29, 1.82) is 0 Å². The van der Waals surface area contributed by atoms with Gasteiger partial charge in [0.1, 0.15) is 0 Å². The van der Waals surface area contributed by atoms with Gasteiger partial charge in [0, 0.05) is 17.8 Å². The van der Waals surface area contributed by atoms with Crippen molar-refractivity contribution < 1.29 is 14.3 Å². The molecule has 106 valence electrons. The van der Waals surface area contributed by atoms with Gasteiger partial charge < -0.3 is 14.4 Å². The number of aryl methyl sites for hydroxylation is 1. The Morgan fingerprint density at radius 1 is 1.10 bits per heavy atom. The van der Waals surface area contributed by atoms with Crippen LogP contribution in [0.15, 0.2) is 36.4 Å². The lowest BCUT2D eigenvalue weighted by Crippen LogP contribution is -2.28. The van der Waals surface area contributed by atoms with Gasteiger partial charge in [0.15, 0.2) is 11.5 Å². The fraction of sp³-hybridized carbons (Fsp3) is 0.235. The number of ether oxygens (including phenoxy) is 2. The van der Waals surface area contributed by atoms with Crippen LogP contribution >= 0.6 is 0 Å². The third-order valence-corrected chi connectivity index (χ3v) is 4.00. The van der Waals surface area contributed by atoms with Gasteiger partial charge in [0.25, 0.3) is 5.91 Å². The number of benzene rings is 2. The molecule has 2 aliphatic heterocycles. The molecule has 0 radical (unpaired) electrons. The Labute approximate surface area is 122 Å². The van der Waals surface area contributed by atoms with Crippen LogP contribution in [0.1, 0.15) is 21.5 Å². The Bertz CT molecular complexity index is 739. The van der Waals surface area contributed by atoms with Crippen LogP contribution in [0.3, 0.4) is 0 Å². The molecule has 2 aliphatic rings. The standard InChI is InChI=1S/C17H15NO3/c1-11-2-4-14-12(8-11)6-7-18(14)17(19)13-3-5-15-16(9-13)21-10-20-15/h2-5,8-9H,6-7,10H2,1H3. The molecule has 0 fully saturated rings. The van der Waals surface area contributed by atoms with Gasteiger partial charge in [-0.1, -0.05) is 17.7 Å². The van der Waals surface area contributed by atoms with Crippen LogP contribution < -0.4 is 14.4 Å². The van der Waals surface area contributed by atoms with Gasteiger partial charge in [-0.05, 0) is 43.2 Å². The maximum absolute atomic E-state index is 12.7. The number of amides is 1. The highest BCUT2D eigenvalue weighted by atomic mass is 16.7. The lowest BCUT2D eigenvalue weighted by Gasteiger charge is -2.17. The number of fused-ring (bicyclic) bond motifs is 2. The molecule has 2 heterocycles. The Morgan fingerprint density at radius 3 is 2.86 bits per heavy atom. The summed E-state index contributed by atoms with van der Waals surface area (Å²) in [6.07, 6.45) is 0.910. The molecule has 0 saturated heterocycles. The molecule has 2 aromatic carbocycles. The van der Waals surface area contributed by atoms with E-state index < -0.39 is 0 Å². The van der Waals surface area contributed by atoms with Gasteiger partial charge in [0.2, 0.25) is 6.79 Å². The highest BCUT2D eigenvalue weighted by molar-refractivity contribution is 6.07. The van der Waals surface area contributed by atoms with Crippen LogP contribution in [0.4, 0.5) is 5.69 Å². The quantitative estimate of drug-likeness (QED) is 0.806. The zero-order valence-electron chi connectivity index (χ0n) is 11.8. The van der Waals surface area contributed by atoms with E-state index in [9.17, 15) is 4.79 Å². The third kappa shape index (κ3) is 1.95. The molecule has 2 aromatic rings. The third-order valence-electron chi connectivity index (χ3n) is 4.00. The first-order valence-electron chi connectivity index (χ1n) is 7.03. The first kappa shape index (κ1) is 12.3. The first-order chi connectivity index (χ1) is 10.2. The molecule has 0 aromatic heterocycles. The van der Waals surface area contributed by atoms with Crippen LogP contribution in [0.5, 0.6) is 11.5 Å². The van der Waals surface area contributed by atoms with Crippen molar-refractivity contribution in [2.24, 2.45) is 0 Å². The van der Waals surface area contributed by atoms with Crippen molar-refractivity contribution in [1.82, 2.24) is 0 Å². The summed E-state index contributed by atoms with van der Waals surface area (Å²) in [6, 6.07) is 11.6. The van der Waals surface area contributed by atoms with Crippen LogP contribution in [0, 0.1) is 6.92 Å². The van der Waals surface area contributed by atoms with Gasteiger partial charge >= 0.3 is 0 Å². The van der Waals surface area contributed by atoms with Crippen LogP contribution in [0.2, 0.25) is 0 Å². The predicted molar refractivity (Wildman–Crippen MR) is 79.1 cm³/mol. The number of rotatable bonds is 1. The van der Waals surface area contributed by atoms with Gasteiger partial charge in [-0.25, -0.2) is 0 Å². The molecular weight excluding hydrogens is 266 g/mol. The van der Waals surface area contributed by atoms with Crippen LogP contribution in [0.25, 0.3) is 0 Å². The van der Waals surface area contributed by atoms with Gasteiger partial charge in [0.05, 0.1) is 0 Å². The highest BCUT2D eigenvalue weighted by Crippen LogP contribution is 2.35. The van der Waals surface area contributed by atoms with E-state index in [1.807, 2.05) is 17.0 Å². The second-order valence-corrected chi connectivity index (χ2v) is 5.41. The molecule has 4 nitrogen and oxygen atoms in total. The molecular formula is C17H15NO3. The molecule has 0 spiro atoms. The number of carbonyl (C=O) groups is 1.